The third-order valence-corrected chi connectivity index (χ3v) is 5.63. The lowest BCUT2D eigenvalue weighted by molar-refractivity contribution is 0.0639. The van der Waals surface area contributed by atoms with Crippen LogP contribution in [0.5, 0.6) is 0 Å². The summed E-state index contributed by atoms with van der Waals surface area (Å²) >= 11 is 1.48. The van der Waals surface area contributed by atoms with Gasteiger partial charge in [-0.25, -0.2) is 4.79 Å². The van der Waals surface area contributed by atoms with Crippen molar-refractivity contribution >= 4 is 23.3 Å². The minimum atomic E-state index is -0.00143. The van der Waals surface area contributed by atoms with E-state index in [4.69, 9.17) is 0 Å². The third kappa shape index (κ3) is 2.69. The van der Waals surface area contributed by atoms with Crippen molar-refractivity contribution in [1.82, 2.24) is 19.7 Å². The van der Waals surface area contributed by atoms with Gasteiger partial charge in [0.2, 0.25) is 0 Å². The van der Waals surface area contributed by atoms with Gasteiger partial charge in [-0.2, -0.15) is 0 Å². The first-order chi connectivity index (χ1) is 11.7. The van der Waals surface area contributed by atoms with Crippen LogP contribution in [-0.2, 0) is 0 Å². The van der Waals surface area contributed by atoms with Gasteiger partial charge >= 0.3 is 6.03 Å². The molecule has 0 aliphatic carbocycles. The second-order valence-electron chi connectivity index (χ2n) is 6.20. The van der Waals surface area contributed by atoms with E-state index < -0.39 is 0 Å². The van der Waals surface area contributed by atoms with Crippen LogP contribution < -0.4 is 5.32 Å². The van der Waals surface area contributed by atoms with Gasteiger partial charge < -0.3 is 19.7 Å². The summed E-state index contributed by atoms with van der Waals surface area (Å²) in [6.45, 7) is 2.81. The molecule has 0 aromatic carbocycles. The van der Waals surface area contributed by atoms with Crippen LogP contribution in [0, 0.1) is 0 Å². The first-order valence-electron chi connectivity index (χ1n) is 8.28. The number of carbonyl (C=O) groups excluding carboxylic acids is 2. The van der Waals surface area contributed by atoms with Crippen LogP contribution in [0.1, 0.15) is 22.5 Å². The molecule has 2 aromatic rings. The van der Waals surface area contributed by atoms with Crippen molar-refractivity contribution in [3.63, 3.8) is 0 Å². The van der Waals surface area contributed by atoms with Crippen LogP contribution in [0.2, 0.25) is 0 Å². The fourth-order valence-electron chi connectivity index (χ4n) is 3.53. The van der Waals surface area contributed by atoms with Crippen LogP contribution in [0.3, 0.4) is 0 Å². The summed E-state index contributed by atoms with van der Waals surface area (Å²) in [7, 11) is 0. The average molecular weight is 344 g/mol. The van der Waals surface area contributed by atoms with Crippen molar-refractivity contribution in [3.05, 3.63) is 40.8 Å². The number of rotatable bonds is 3. The quantitative estimate of drug-likeness (QED) is 0.928. The molecule has 0 bridgehead atoms. The van der Waals surface area contributed by atoms with Crippen LogP contribution in [0.25, 0.3) is 5.69 Å². The normalized spacial score (nSPS) is 21.2. The van der Waals surface area contributed by atoms with Crippen molar-refractivity contribution in [2.45, 2.75) is 18.9 Å². The van der Waals surface area contributed by atoms with Gasteiger partial charge in [-0.15, -0.1) is 11.3 Å². The minimum Gasteiger partial charge on any atom is -0.336 e. The Morgan fingerprint density at radius 2 is 2.08 bits per heavy atom. The maximum atomic E-state index is 13.0. The summed E-state index contributed by atoms with van der Waals surface area (Å²) in [5, 5.41) is 4.80. The maximum absolute atomic E-state index is 13.0. The second-order valence-corrected chi connectivity index (χ2v) is 7.11. The summed E-state index contributed by atoms with van der Waals surface area (Å²) in [6, 6.07) is 6.01. The van der Waals surface area contributed by atoms with Crippen molar-refractivity contribution < 1.29 is 9.59 Å². The lowest BCUT2D eigenvalue weighted by Crippen LogP contribution is -2.50. The number of piperidine rings is 1. The first kappa shape index (κ1) is 15.3. The number of carbonyl (C=O) groups is 2. The highest BCUT2D eigenvalue weighted by atomic mass is 32.1. The predicted octanol–water partition coefficient (Wildman–Crippen LogP) is 2.17. The smallest absolute Gasteiger partial charge is 0.317 e. The highest BCUT2D eigenvalue weighted by molar-refractivity contribution is 7.12. The van der Waals surface area contributed by atoms with Crippen molar-refractivity contribution in [3.8, 4) is 5.69 Å². The topological polar surface area (TPSA) is 57.6 Å². The minimum absolute atomic E-state index is 0.00143. The molecule has 1 atom stereocenters. The SMILES string of the molecule is O=C(c1sccc1-n1cccc1)N1CCCC(N2CCNC2=O)C1. The molecule has 7 heteroatoms. The molecule has 3 amide bonds. The molecule has 2 saturated heterocycles. The van der Waals surface area contributed by atoms with E-state index in [-0.39, 0.29) is 18.0 Å². The summed E-state index contributed by atoms with van der Waals surface area (Å²) in [5.74, 6) is 0.0676. The number of amides is 3. The fraction of sp³-hybridized carbons (Fsp3) is 0.412. The molecule has 1 unspecified atom stereocenters. The zero-order valence-electron chi connectivity index (χ0n) is 13.4. The van der Waals surface area contributed by atoms with E-state index in [1.807, 2.05) is 50.3 Å². The van der Waals surface area contributed by atoms with E-state index in [0.717, 1.165) is 36.5 Å². The molecule has 4 rings (SSSR count). The average Bonchev–Trinajstić information content (AvgIpc) is 3.34. The fourth-order valence-corrected chi connectivity index (χ4v) is 4.39. The largest absolute Gasteiger partial charge is 0.336 e. The van der Waals surface area contributed by atoms with Gasteiger partial charge in [0, 0.05) is 38.6 Å². The molecule has 0 saturated carbocycles. The van der Waals surface area contributed by atoms with Gasteiger partial charge in [-0.05, 0) is 36.4 Å². The number of hydrogen-bond acceptors (Lipinski definition) is 3. The number of aromatic nitrogens is 1. The zero-order valence-corrected chi connectivity index (χ0v) is 14.2. The predicted molar refractivity (Wildman–Crippen MR) is 92.7 cm³/mol. The van der Waals surface area contributed by atoms with E-state index in [0.29, 0.717) is 13.1 Å². The molecule has 0 spiro atoms. The van der Waals surface area contributed by atoms with Gasteiger partial charge in [0.1, 0.15) is 4.88 Å². The standard InChI is InChI=1S/C17H20N4O2S/c22-16(15-14(5-11-24-15)19-7-1-2-8-19)20-9-3-4-13(12-20)21-10-6-18-17(21)23/h1-2,5,7-8,11,13H,3-4,6,9-10,12H2,(H,18,23). The number of likely N-dealkylation sites (tertiary alicyclic amines) is 1. The van der Waals surface area contributed by atoms with Crippen molar-refractivity contribution in [1.29, 1.82) is 0 Å². The van der Waals surface area contributed by atoms with Gasteiger partial charge in [-0.3, -0.25) is 4.79 Å². The zero-order chi connectivity index (χ0) is 16.5. The van der Waals surface area contributed by atoms with Gasteiger partial charge in [-0.1, -0.05) is 0 Å². The molecule has 126 valence electrons. The Kier molecular flexibility index (Phi) is 4.02. The molecule has 24 heavy (non-hydrogen) atoms. The van der Waals surface area contributed by atoms with E-state index in [9.17, 15) is 9.59 Å². The molecule has 4 heterocycles. The maximum Gasteiger partial charge on any atom is 0.317 e. The molecule has 2 aliphatic rings. The number of thiophene rings is 1. The molecule has 2 fully saturated rings. The van der Waals surface area contributed by atoms with Gasteiger partial charge in [0.25, 0.3) is 5.91 Å². The summed E-state index contributed by atoms with van der Waals surface area (Å²) in [4.78, 5) is 29.5. The molecule has 1 N–H and O–H groups in total. The lowest BCUT2D eigenvalue weighted by Gasteiger charge is -2.37. The lowest BCUT2D eigenvalue weighted by atomic mass is 10.0. The van der Waals surface area contributed by atoms with Gasteiger partial charge in [0.05, 0.1) is 11.7 Å². The molecule has 2 aliphatic heterocycles. The molecule has 0 radical (unpaired) electrons. The molecule has 2 aromatic heterocycles. The van der Waals surface area contributed by atoms with E-state index >= 15 is 0 Å². The number of nitrogens with zero attached hydrogens (tertiary/aromatic N) is 3. The Morgan fingerprint density at radius 3 is 2.83 bits per heavy atom. The Hall–Kier alpha value is -2.28. The Morgan fingerprint density at radius 1 is 1.25 bits per heavy atom. The van der Waals surface area contributed by atoms with E-state index in [1.165, 1.54) is 11.3 Å². The summed E-state index contributed by atoms with van der Waals surface area (Å²) in [5.41, 5.74) is 0.927. The molecule has 6 nitrogen and oxygen atoms in total. The van der Waals surface area contributed by atoms with Crippen LogP contribution in [0.4, 0.5) is 4.79 Å². The summed E-state index contributed by atoms with van der Waals surface area (Å²) < 4.78 is 1.97. The van der Waals surface area contributed by atoms with Crippen LogP contribution in [-0.4, -0.2) is 58.5 Å². The van der Waals surface area contributed by atoms with Gasteiger partial charge in [0.15, 0.2) is 0 Å². The van der Waals surface area contributed by atoms with Crippen molar-refractivity contribution in [2.75, 3.05) is 26.2 Å². The highest BCUT2D eigenvalue weighted by Gasteiger charge is 2.33. The Labute approximate surface area is 144 Å². The van der Waals surface area contributed by atoms with E-state index in [1.54, 1.807) is 0 Å². The van der Waals surface area contributed by atoms with Crippen LogP contribution >= 0.6 is 11.3 Å². The first-order valence-corrected chi connectivity index (χ1v) is 9.16. The monoisotopic (exact) mass is 344 g/mol. The third-order valence-electron chi connectivity index (χ3n) is 4.74. The number of nitrogens with one attached hydrogen (secondary N) is 1. The Balaban J connectivity index is 1.52. The Bertz CT molecular complexity index is 740. The highest BCUT2D eigenvalue weighted by Crippen LogP contribution is 2.26. The molecular formula is C17H20N4O2S. The second kappa shape index (κ2) is 6.32. The van der Waals surface area contributed by atoms with Crippen molar-refractivity contribution in [2.24, 2.45) is 0 Å². The number of urea groups is 1. The number of hydrogen-bond donors (Lipinski definition) is 1. The van der Waals surface area contributed by atoms with E-state index in [2.05, 4.69) is 5.32 Å². The summed E-state index contributed by atoms with van der Waals surface area (Å²) in [6.07, 6.45) is 5.80. The molecular weight excluding hydrogens is 324 g/mol. The van der Waals surface area contributed by atoms with Crippen LogP contribution in [0.15, 0.2) is 36.0 Å².